The quantitative estimate of drug-likeness (QED) is 0.896. The fourth-order valence-electron chi connectivity index (χ4n) is 2.56. The van der Waals surface area contributed by atoms with E-state index in [1.54, 1.807) is 12.1 Å². The van der Waals surface area contributed by atoms with Crippen molar-refractivity contribution in [1.82, 2.24) is 15.5 Å². The van der Waals surface area contributed by atoms with Crippen molar-refractivity contribution in [3.05, 3.63) is 23.0 Å². The molecule has 1 aliphatic carbocycles. The molecule has 0 aromatic carbocycles. The van der Waals surface area contributed by atoms with Crippen LogP contribution in [0.5, 0.6) is 0 Å². The summed E-state index contributed by atoms with van der Waals surface area (Å²) in [6.45, 7) is 4.45. The van der Waals surface area contributed by atoms with Gasteiger partial charge in [-0.1, -0.05) is 25.4 Å². The highest BCUT2D eigenvalue weighted by Gasteiger charge is 2.27. The van der Waals surface area contributed by atoms with E-state index in [1.807, 2.05) is 0 Å². The first-order chi connectivity index (χ1) is 8.56. The lowest BCUT2D eigenvalue weighted by atomic mass is 9.80. The Hall–Kier alpha value is -1.16. The van der Waals surface area contributed by atoms with Gasteiger partial charge >= 0.3 is 0 Å². The monoisotopic (exact) mass is 267 g/mol. The van der Waals surface area contributed by atoms with Crippen molar-refractivity contribution in [3.63, 3.8) is 0 Å². The minimum absolute atomic E-state index is 0.162. The van der Waals surface area contributed by atoms with Gasteiger partial charge in [0, 0.05) is 6.04 Å². The topological polar surface area (TPSA) is 54.9 Å². The second kappa shape index (κ2) is 5.65. The van der Waals surface area contributed by atoms with Crippen LogP contribution in [0.25, 0.3) is 0 Å². The number of rotatable bonds is 2. The maximum absolute atomic E-state index is 12.0. The second-order valence-electron chi connectivity index (χ2n) is 5.22. The predicted molar refractivity (Wildman–Crippen MR) is 70.5 cm³/mol. The normalized spacial score (nSPS) is 27.8. The fourth-order valence-corrected chi connectivity index (χ4v) is 2.66. The van der Waals surface area contributed by atoms with Crippen LogP contribution in [-0.2, 0) is 0 Å². The number of amides is 1. The molecule has 1 aromatic rings. The molecule has 0 saturated heterocycles. The molecule has 1 aliphatic rings. The Morgan fingerprint density at radius 2 is 2.11 bits per heavy atom. The third kappa shape index (κ3) is 3.19. The lowest BCUT2D eigenvalue weighted by molar-refractivity contribution is 0.0893. The van der Waals surface area contributed by atoms with E-state index < -0.39 is 0 Å². The fraction of sp³-hybridized carbons (Fsp3) is 0.615. The number of nitrogens with one attached hydrogen (secondary N) is 1. The summed E-state index contributed by atoms with van der Waals surface area (Å²) in [6.07, 6.45) is 3.37. The van der Waals surface area contributed by atoms with Crippen molar-refractivity contribution < 1.29 is 4.79 Å². The zero-order chi connectivity index (χ0) is 13.1. The predicted octanol–water partition coefficient (Wildman–Crippen LogP) is 2.68. The number of carbonyl (C=O) groups is 1. The zero-order valence-electron chi connectivity index (χ0n) is 10.7. The highest BCUT2D eigenvalue weighted by atomic mass is 35.5. The molecule has 1 N–H and O–H groups in total. The van der Waals surface area contributed by atoms with Gasteiger partial charge in [-0.25, -0.2) is 0 Å². The lowest BCUT2D eigenvalue weighted by Gasteiger charge is -2.32. The van der Waals surface area contributed by atoms with E-state index in [-0.39, 0.29) is 11.9 Å². The second-order valence-corrected chi connectivity index (χ2v) is 5.60. The van der Waals surface area contributed by atoms with E-state index in [0.717, 1.165) is 18.8 Å². The zero-order valence-corrected chi connectivity index (χ0v) is 11.4. The van der Waals surface area contributed by atoms with Crippen molar-refractivity contribution in [3.8, 4) is 0 Å². The van der Waals surface area contributed by atoms with E-state index in [0.29, 0.717) is 16.8 Å². The minimum atomic E-state index is -0.162. The van der Waals surface area contributed by atoms with Gasteiger partial charge in [0.15, 0.2) is 10.8 Å². The van der Waals surface area contributed by atoms with Crippen LogP contribution in [0, 0.1) is 11.8 Å². The molecule has 0 bridgehead atoms. The van der Waals surface area contributed by atoms with Crippen LogP contribution in [0.15, 0.2) is 12.1 Å². The first-order valence-electron chi connectivity index (χ1n) is 6.36. The van der Waals surface area contributed by atoms with Crippen molar-refractivity contribution in [1.29, 1.82) is 0 Å². The molecule has 3 atom stereocenters. The highest BCUT2D eigenvalue weighted by Crippen LogP contribution is 2.28. The van der Waals surface area contributed by atoms with Crippen LogP contribution in [0.2, 0.25) is 5.15 Å². The number of halogens is 1. The number of hydrogen-bond acceptors (Lipinski definition) is 3. The average Bonchev–Trinajstić information content (AvgIpc) is 2.33. The van der Waals surface area contributed by atoms with Gasteiger partial charge in [-0.15, -0.1) is 10.2 Å². The van der Waals surface area contributed by atoms with Gasteiger partial charge in [0.1, 0.15) is 0 Å². The molecule has 1 aromatic heterocycles. The van der Waals surface area contributed by atoms with Gasteiger partial charge in [0.25, 0.3) is 5.91 Å². The van der Waals surface area contributed by atoms with Crippen LogP contribution >= 0.6 is 11.6 Å². The Morgan fingerprint density at radius 3 is 2.72 bits per heavy atom. The summed E-state index contributed by atoms with van der Waals surface area (Å²) in [5, 5.41) is 10.8. The molecule has 3 unspecified atom stereocenters. The SMILES string of the molecule is CC1CCC(NC(=O)c2ccc(Cl)nn2)C(C)C1. The summed E-state index contributed by atoms with van der Waals surface area (Å²) in [4.78, 5) is 12.0. The Labute approximate surface area is 112 Å². The molecule has 2 rings (SSSR count). The molecule has 0 spiro atoms. The molecule has 1 saturated carbocycles. The molecular formula is C13H18ClN3O. The largest absolute Gasteiger partial charge is 0.348 e. The molecule has 0 radical (unpaired) electrons. The van der Waals surface area contributed by atoms with Gasteiger partial charge < -0.3 is 5.32 Å². The summed E-state index contributed by atoms with van der Waals surface area (Å²) < 4.78 is 0. The molecule has 4 nitrogen and oxygen atoms in total. The number of hydrogen-bond donors (Lipinski definition) is 1. The molecule has 1 amide bonds. The molecule has 1 fully saturated rings. The Balaban J connectivity index is 1.97. The van der Waals surface area contributed by atoms with Crippen molar-refractivity contribution in [2.24, 2.45) is 11.8 Å². The van der Waals surface area contributed by atoms with E-state index >= 15 is 0 Å². The van der Waals surface area contributed by atoms with Gasteiger partial charge in [-0.05, 0) is 43.2 Å². The first kappa shape index (κ1) is 13.3. The summed E-state index contributed by atoms with van der Waals surface area (Å²) >= 11 is 5.64. The van der Waals surface area contributed by atoms with Crippen LogP contribution in [0.4, 0.5) is 0 Å². The number of aromatic nitrogens is 2. The summed E-state index contributed by atoms with van der Waals surface area (Å²) in [6, 6.07) is 3.42. The van der Waals surface area contributed by atoms with Crippen LogP contribution in [0.3, 0.4) is 0 Å². The number of nitrogens with zero attached hydrogens (tertiary/aromatic N) is 2. The summed E-state index contributed by atoms with van der Waals surface area (Å²) in [5.41, 5.74) is 0.324. The first-order valence-corrected chi connectivity index (χ1v) is 6.74. The molecule has 98 valence electrons. The lowest BCUT2D eigenvalue weighted by Crippen LogP contribution is -2.42. The average molecular weight is 268 g/mol. The molecule has 0 aliphatic heterocycles. The third-order valence-electron chi connectivity index (χ3n) is 3.61. The van der Waals surface area contributed by atoms with E-state index in [1.165, 1.54) is 6.42 Å². The van der Waals surface area contributed by atoms with Crippen molar-refractivity contribution >= 4 is 17.5 Å². The minimum Gasteiger partial charge on any atom is -0.348 e. The highest BCUT2D eigenvalue weighted by molar-refractivity contribution is 6.29. The Morgan fingerprint density at radius 1 is 1.33 bits per heavy atom. The third-order valence-corrected chi connectivity index (χ3v) is 3.81. The molecule has 1 heterocycles. The smallest absolute Gasteiger partial charge is 0.272 e. The van der Waals surface area contributed by atoms with Crippen LogP contribution in [-0.4, -0.2) is 22.1 Å². The van der Waals surface area contributed by atoms with Gasteiger partial charge in [0.05, 0.1) is 0 Å². The standard InChI is InChI=1S/C13H18ClN3O/c1-8-3-4-10(9(2)7-8)15-13(18)11-5-6-12(14)17-16-11/h5-6,8-10H,3-4,7H2,1-2H3,(H,15,18). The van der Waals surface area contributed by atoms with E-state index in [2.05, 4.69) is 29.4 Å². The van der Waals surface area contributed by atoms with E-state index in [4.69, 9.17) is 11.6 Å². The van der Waals surface area contributed by atoms with Crippen LogP contribution in [0.1, 0.15) is 43.6 Å². The summed E-state index contributed by atoms with van der Waals surface area (Å²) in [7, 11) is 0. The van der Waals surface area contributed by atoms with E-state index in [9.17, 15) is 4.79 Å². The van der Waals surface area contributed by atoms with Gasteiger partial charge in [-0.2, -0.15) is 0 Å². The Kier molecular flexibility index (Phi) is 4.17. The van der Waals surface area contributed by atoms with Crippen molar-refractivity contribution in [2.75, 3.05) is 0 Å². The maximum Gasteiger partial charge on any atom is 0.272 e. The molecular weight excluding hydrogens is 250 g/mol. The van der Waals surface area contributed by atoms with Crippen molar-refractivity contribution in [2.45, 2.75) is 39.2 Å². The maximum atomic E-state index is 12.0. The number of carbonyl (C=O) groups excluding carboxylic acids is 1. The molecule has 5 heteroatoms. The molecule has 18 heavy (non-hydrogen) atoms. The Bertz CT molecular complexity index is 421. The van der Waals surface area contributed by atoms with Gasteiger partial charge in [0.2, 0.25) is 0 Å². The summed E-state index contributed by atoms with van der Waals surface area (Å²) in [5.74, 6) is 1.10. The van der Waals surface area contributed by atoms with Gasteiger partial charge in [-0.3, -0.25) is 4.79 Å². The van der Waals surface area contributed by atoms with Crippen LogP contribution < -0.4 is 5.32 Å².